The maximum absolute atomic E-state index is 12.7. The number of nitrogens with zero attached hydrogens (tertiary/aromatic N) is 2. The zero-order valence-electron chi connectivity index (χ0n) is 16.5. The molecular weight excluding hydrogens is 374 g/mol. The number of carbonyl (C=O) groups excluding carboxylic acids is 1. The Hall–Kier alpha value is -2.79. The molecule has 0 aliphatic carbocycles. The lowest BCUT2D eigenvalue weighted by atomic mass is 10.1. The molecule has 1 aromatic heterocycles. The SMILES string of the molecule is Cc1ccc(Cl)c(OCc2cccc(C(=O)NC(C)c3cnn(C)c3C)c2)c1. The quantitative estimate of drug-likeness (QED) is 0.652. The van der Waals surface area contributed by atoms with Gasteiger partial charge in [-0.3, -0.25) is 9.48 Å². The van der Waals surface area contributed by atoms with Crippen LogP contribution in [-0.2, 0) is 13.7 Å². The number of benzene rings is 2. The van der Waals surface area contributed by atoms with Crippen LogP contribution in [0.15, 0.2) is 48.7 Å². The molecule has 0 aliphatic rings. The molecule has 0 bridgehead atoms. The maximum Gasteiger partial charge on any atom is 0.251 e. The van der Waals surface area contributed by atoms with E-state index in [1.54, 1.807) is 16.9 Å². The number of rotatable bonds is 6. The van der Waals surface area contributed by atoms with Crippen molar-refractivity contribution in [1.82, 2.24) is 15.1 Å². The van der Waals surface area contributed by atoms with Gasteiger partial charge in [0.15, 0.2) is 0 Å². The van der Waals surface area contributed by atoms with E-state index in [-0.39, 0.29) is 11.9 Å². The molecule has 0 fully saturated rings. The van der Waals surface area contributed by atoms with Gasteiger partial charge < -0.3 is 10.1 Å². The van der Waals surface area contributed by atoms with Crippen molar-refractivity contribution in [3.63, 3.8) is 0 Å². The second kappa shape index (κ2) is 8.48. The lowest BCUT2D eigenvalue weighted by Crippen LogP contribution is -2.27. The van der Waals surface area contributed by atoms with Gasteiger partial charge >= 0.3 is 0 Å². The van der Waals surface area contributed by atoms with Gasteiger partial charge in [0.05, 0.1) is 17.3 Å². The van der Waals surface area contributed by atoms with Crippen LogP contribution in [0.3, 0.4) is 0 Å². The predicted molar refractivity (Wildman–Crippen MR) is 111 cm³/mol. The van der Waals surface area contributed by atoms with Crippen molar-refractivity contribution in [2.24, 2.45) is 7.05 Å². The molecule has 1 unspecified atom stereocenters. The number of hydrogen-bond acceptors (Lipinski definition) is 3. The lowest BCUT2D eigenvalue weighted by molar-refractivity contribution is 0.0939. The van der Waals surface area contributed by atoms with Crippen LogP contribution in [0.4, 0.5) is 0 Å². The van der Waals surface area contributed by atoms with Gasteiger partial charge in [0.25, 0.3) is 5.91 Å². The summed E-state index contributed by atoms with van der Waals surface area (Å²) in [6.07, 6.45) is 1.79. The summed E-state index contributed by atoms with van der Waals surface area (Å²) in [6, 6.07) is 12.9. The molecule has 6 heteroatoms. The molecule has 1 N–H and O–H groups in total. The molecular formula is C22H24ClN3O2. The van der Waals surface area contributed by atoms with Gasteiger partial charge in [0.2, 0.25) is 0 Å². The van der Waals surface area contributed by atoms with Crippen LogP contribution in [0.5, 0.6) is 5.75 Å². The van der Waals surface area contributed by atoms with Crippen LogP contribution in [-0.4, -0.2) is 15.7 Å². The van der Waals surface area contributed by atoms with Gasteiger partial charge in [0.1, 0.15) is 12.4 Å². The van der Waals surface area contributed by atoms with Gasteiger partial charge in [0, 0.05) is 23.9 Å². The van der Waals surface area contributed by atoms with Crippen LogP contribution in [0, 0.1) is 13.8 Å². The first kappa shape index (κ1) is 20.0. The Bertz CT molecular complexity index is 997. The van der Waals surface area contributed by atoms with Crippen molar-refractivity contribution in [2.75, 3.05) is 0 Å². The first-order chi connectivity index (χ1) is 13.3. The van der Waals surface area contributed by atoms with E-state index >= 15 is 0 Å². The fraction of sp³-hybridized carbons (Fsp3) is 0.273. The zero-order valence-corrected chi connectivity index (χ0v) is 17.2. The minimum Gasteiger partial charge on any atom is -0.487 e. The maximum atomic E-state index is 12.7. The molecule has 0 saturated heterocycles. The molecule has 146 valence electrons. The van der Waals surface area contributed by atoms with Crippen LogP contribution < -0.4 is 10.1 Å². The molecule has 5 nitrogen and oxygen atoms in total. The molecule has 3 rings (SSSR count). The summed E-state index contributed by atoms with van der Waals surface area (Å²) in [6.45, 7) is 6.26. The Morgan fingerprint density at radius 2 is 2.04 bits per heavy atom. The normalized spacial score (nSPS) is 11.9. The van der Waals surface area contributed by atoms with Crippen molar-refractivity contribution < 1.29 is 9.53 Å². The summed E-state index contributed by atoms with van der Waals surface area (Å²) in [5.41, 5.74) is 4.60. The van der Waals surface area contributed by atoms with Gasteiger partial charge in [-0.25, -0.2) is 0 Å². The number of hydrogen-bond donors (Lipinski definition) is 1. The van der Waals surface area contributed by atoms with Crippen LogP contribution >= 0.6 is 11.6 Å². The number of carbonyl (C=O) groups is 1. The topological polar surface area (TPSA) is 56.1 Å². The predicted octanol–water partition coefficient (Wildman–Crippen LogP) is 4.76. The number of ether oxygens (including phenoxy) is 1. The third kappa shape index (κ3) is 4.54. The largest absolute Gasteiger partial charge is 0.487 e. The highest BCUT2D eigenvalue weighted by Crippen LogP contribution is 2.26. The van der Waals surface area contributed by atoms with Crippen LogP contribution in [0.1, 0.15) is 45.7 Å². The van der Waals surface area contributed by atoms with Crippen LogP contribution in [0.25, 0.3) is 0 Å². The number of aryl methyl sites for hydroxylation is 2. The van der Waals surface area contributed by atoms with Crippen molar-refractivity contribution in [1.29, 1.82) is 0 Å². The third-order valence-corrected chi connectivity index (χ3v) is 5.07. The molecule has 0 aliphatic heterocycles. The summed E-state index contributed by atoms with van der Waals surface area (Å²) >= 11 is 6.18. The number of halogens is 1. The minimum atomic E-state index is -0.133. The number of amides is 1. The summed E-state index contributed by atoms with van der Waals surface area (Å²) < 4.78 is 7.63. The molecule has 0 spiro atoms. The highest BCUT2D eigenvalue weighted by molar-refractivity contribution is 6.32. The molecule has 1 amide bonds. The van der Waals surface area contributed by atoms with E-state index in [9.17, 15) is 4.79 Å². The average molecular weight is 398 g/mol. The molecule has 0 radical (unpaired) electrons. The third-order valence-electron chi connectivity index (χ3n) is 4.76. The van der Waals surface area contributed by atoms with Crippen molar-refractivity contribution in [3.05, 3.63) is 81.6 Å². The van der Waals surface area contributed by atoms with Crippen molar-refractivity contribution in [3.8, 4) is 5.75 Å². The van der Waals surface area contributed by atoms with E-state index in [1.807, 2.05) is 64.2 Å². The average Bonchev–Trinajstić information content (AvgIpc) is 3.01. The Kier molecular flexibility index (Phi) is 6.05. The van der Waals surface area contributed by atoms with E-state index in [1.165, 1.54) is 0 Å². The minimum absolute atomic E-state index is 0.132. The van der Waals surface area contributed by atoms with Gasteiger partial charge in [-0.05, 0) is 56.2 Å². The van der Waals surface area contributed by atoms with Crippen molar-refractivity contribution in [2.45, 2.75) is 33.4 Å². The Morgan fingerprint density at radius 3 is 2.75 bits per heavy atom. The standard InChI is InChI=1S/C22H24ClN3O2/c1-14-8-9-20(23)21(10-14)28-13-17-6-5-7-18(11-17)22(27)25-15(2)19-12-24-26(4)16(19)3/h5-12,15H,13H2,1-4H3,(H,25,27). The molecule has 1 atom stereocenters. The molecule has 0 saturated carbocycles. The molecule has 3 aromatic rings. The highest BCUT2D eigenvalue weighted by atomic mass is 35.5. The monoisotopic (exact) mass is 397 g/mol. The number of nitrogens with one attached hydrogen (secondary N) is 1. The molecule has 1 heterocycles. The van der Waals surface area contributed by atoms with Crippen LogP contribution in [0.2, 0.25) is 5.02 Å². The second-order valence-electron chi connectivity index (χ2n) is 6.93. The van der Waals surface area contributed by atoms with Gasteiger partial charge in [-0.1, -0.05) is 29.8 Å². The van der Waals surface area contributed by atoms with E-state index in [2.05, 4.69) is 10.4 Å². The number of aromatic nitrogens is 2. The van der Waals surface area contributed by atoms with E-state index in [0.29, 0.717) is 22.9 Å². The fourth-order valence-electron chi connectivity index (χ4n) is 2.98. The molecule has 2 aromatic carbocycles. The van der Waals surface area contributed by atoms with Crippen molar-refractivity contribution >= 4 is 17.5 Å². The summed E-state index contributed by atoms with van der Waals surface area (Å²) in [4.78, 5) is 12.7. The summed E-state index contributed by atoms with van der Waals surface area (Å²) in [5, 5.41) is 7.84. The zero-order chi connectivity index (χ0) is 20.3. The highest BCUT2D eigenvalue weighted by Gasteiger charge is 2.16. The Labute approximate surface area is 170 Å². The Morgan fingerprint density at radius 1 is 1.25 bits per heavy atom. The van der Waals surface area contributed by atoms with Gasteiger partial charge in [-0.15, -0.1) is 0 Å². The fourth-order valence-corrected chi connectivity index (χ4v) is 3.16. The second-order valence-corrected chi connectivity index (χ2v) is 7.33. The lowest BCUT2D eigenvalue weighted by Gasteiger charge is -2.14. The first-order valence-electron chi connectivity index (χ1n) is 9.12. The summed E-state index contributed by atoms with van der Waals surface area (Å²) in [5.74, 6) is 0.503. The van der Waals surface area contributed by atoms with E-state index in [0.717, 1.165) is 22.4 Å². The smallest absolute Gasteiger partial charge is 0.251 e. The summed E-state index contributed by atoms with van der Waals surface area (Å²) in [7, 11) is 1.89. The first-order valence-corrected chi connectivity index (χ1v) is 9.50. The molecule has 28 heavy (non-hydrogen) atoms. The van der Waals surface area contributed by atoms with Gasteiger partial charge in [-0.2, -0.15) is 5.10 Å². The van der Waals surface area contributed by atoms with E-state index < -0.39 is 0 Å². The Balaban J connectivity index is 1.67. The van der Waals surface area contributed by atoms with E-state index in [4.69, 9.17) is 16.3 Å².